The zero-order valence-electron chi connectivity index (χ0n) is 16.1. The first-order valence-electron chi connectivity index (χ1n) is 9.79. The second-order valence-electron chi connectivity index (χ2n) is 7.14. The Morgan fingerprint density at radius 3 is 2.65 bits per heavy atom. The van der Waals surface area contributed by atoms with Crippen LogP contribution in [0.1, 0.15) is 56.9 Å². The van der Waals surface area contributed by atoms with Crippen LogP contribution in [-0.4, -0.2) is 33.0 Å². The van der Waals surface area contributed by atoms with E-state index in [9.17, 15) is 4.79 Å². The van der Waals surface area contributed by atoms with E-state index in [1.165, 1.54) is 44.1 Å². The Labute approximate surface area is 157 Å². The molecule has 0 aromatic heterocycles. The van der Waals surface area contributed by atoms with E-state index in [2.05, 4.69) is 11.4 Å². The highest BCUT2D eigenvalue weighted by Gasteiger charge is 2.21. The highest BCUT2D eigenvalue weighted by atomic mass is 16.5. The second kappa shape index (κ2) is 10.8. The number of rotatable bonds is 6. The minimum atomic E-state index is 0.202. The third-order valence-corrected chi connectivity index (χ3v) is 5.26. The standard InChI is InChI=1S/C19H27NO2.C2H5NO/c1-20-18-11-10-17(14-16(18)9-12-19(20)21)22-13-5-8-15-6-3-2-4-7-15;1-3-2-4/h10-11,14-15H,2-9,12-13H2,1H3;2H,1H3,(H,3,4). The lowest BCUT2D eigenvalue weighted by atomic mass is 9.86. The summed E-state index contributed by atoms with van der Waals surface area (Å²) in [6.45, 7) is 0.810. The SMILES string of the molecule is CN1C(=O)CCc2cc(OCCCC3CCCCC3)ccc21.CNC=O. The number of carbonyl (C=O) groups excluding carboxylic acids is 2. The van der Waals surface area contributed by atoms with Crippen molar-refractivity contribution in [2.75, 3.05) is 25.6 Å². The van der Waals surface area contributed by atoms with Crippen LogP contribution in [0.5, 0.6) is 5.75 Å². The van der Waals surface area contributed by atoms with Crippen molar-refractivity contribution in [2.24, 2.45) is 5.92 Å². The summed E-state index contributed by atoms with van der Waals surface area (Å²) in [4.78, 5) is 22.5. The van der Waals surface area contributed by atoms with Gasteiger partial charge in [0.25, 0.3) is 0 Å². The molecule has 0 bridgehead atoms. The number of benzene rings is 1. The molecule has 144 valence electrons. The molecule has 0 saturated heterocycles. The van der Waals surface area contributed by atoms with Crippen molar-refractivity contribution in [3.8, 4) is 5.75 Å². The molecule has 1 N–H and O–H groups in total. The molecule has 5 heteroatoms. The van der Waals surface area contributed by atoms with Gasteiger partial charge in [-0.25, -0.2) is 0 Å². The van der Waals surface area contributed by atoms with Crippen molar-refractivity contribution < 1.29 is 14.3 Å². The number of nitrogens with one attached hydrogen (secondary N) is 1. The van der Waals surface area contributed by atoms with Gasteiger partial charge in [-0.2, -0.15) is 0 Å². The van der Waals surface area contributed by atoms with Gasteiger partial charge in [0.15, 0.2) is 0 Å². The van der Waals surface area contributed by atoms with Gasteiger partial charge < -0.3 is 15.0 Å². The molecule has 1 heterocycles. The number of amides is 2. The minimum absolute atomic E-state index is 0.202. The van der Waals surface area contributed by atoms with Gasteiger partial charge in [-0.15, -0.1) is 0 Å². The molecule has 1 saturated carbocycles. The van der Waals surface area contributed by atoms with Crippen LogP contribution in [0.15, 0.2) is 18.2 Å². The van der Waals surface area contributed by atoms with Gasteiger partial charge in [-0.1, -0.05) is 32.1 Å². The fourth-order valence-electron chi connectivity index (χ4n) is 3.76. The van der Waals surface area contributed by atoms with Crippen LogP contribution in [0.2, 0.25) is 0 Å². The largest absolute Gasteiger partial charge is 0.494 e. The van der Waals surface area contributed by atoms with Gasteiger partial charge in [-0.3, -0.25) is 9.59 Å². The van der Waals surface area contributed by atoms with Crippen molar-refractivity contribution in [3.63, 3.8) is 0 Å². The van der Waals surface area contributed by atoms with Gasteiger partial charge in [0, 0.05) is 26.2 Å². The molecule has 1 aromatic carbocycles. The molecule has 0 unspecified atom stereocenters. The first-order valence-corrected chi connectivity index (χ1v) is 9.79. The highest BCUT2D eigenvalue weighted by molar-refractivity contribution is 5.95. The van der Waals surface area contributed by atoms with Crippen LogP contribution in [0.3, 0.4) is 0 Å². The Bertz CT molecular complexity index is 583. The zero-order valence-corrected chi connectivity index (χ0v) is 16.1. The van der Waals surface area contributed by atoms with Gasteiger partial charge in [0.1, 0.15) is 5.75 Å². The molecule has 2 amide bonds. The predicted octanol–water partition coefficient (Wildman–Crippen LogP) is 3.70. The Morgan fingerprint density at radius 1 is 1.23 bits per heavy atom. The summed E-state index contributed by atoms with van der Waals surface area (Å²) in [7, 11) is 3.41. The van der Waals surface area contributed by atoms with Crippen LogP contribution < -0.4 is 15.0 Å². The van der Waals surface area contributed by atoms with Crippen LogP contribution in [0.4, 0.5) is 5.69 Å². The summed E-state index contributed by atoms with van der Waals surface area (Å²) >= 11 is 0. The van der Waals surface area contributed by atoms with Gasteiger partial charge in [0.05, 0.1) is 6.61 Å². The number of hydrogen-bond donors (Lipinski definition) is 1. The zero-order chi connectivity index (χ0) is 18.8. The summed E-state index contributed by atoms with van der Waals surface area (Å²) in [6.07, 6.45) is 11.6. The molecule has 1 aliphatic carbocycles. The summed E-state index contributed by atoms with van der Waals surface area (Å²) in [5.74, 6) is 2.08. The molecular formula is C21H32N2O3. The maximum Gasteiger partial charge on any atom is 0.227 e. The highest BCUT2D eigenvalue weighted by Crippen LogP contribution is 2.30. The molecule has 0 spiro atoms. The van der Waals surface area contributed by atoms with E-state index < -0.39 is 0 Å². The van der Waals surface area contributed by atoms with E-state index >= 15 is 0 Å². The van der Waals surface area contributed by atoms with E-state index in [1.54, 1.807) is 11.9 Å². The third kappa shape index (κ3) is 6.04. The van der Waals surface area contributed by atoms with Crippen molar-refractivity contribution in [1.82, 2.24) is 5.32 Å². The van der Waals surface area contributed by atoms with Crippen LogP contribution in [0, 0.1) is 5.92 Å². The number of fused-ring (bicyclic) bond motifs is 1. The lowest BCUT2D eigenvalue weighted by Crippen LogP contribution is -2.30. The molecular weight excluding hydrogens is 328 g/mol. The Balaban J connectivity index is 0.000000552. The van der Waals surface area contributed by atoms with Gasteiger partial charge in [-0.05, 0) is 48.9 Å². The van der Waals surface area contributed by atoms with Crippen molar-refractivity contribution in [2.45, 2.75) is 57.8 Å². The first-order chi connectivity index (χ1) is 12.7. The fourth-order valence-corrected chi connectivity index (χ4v) is 3.76. The van der Waals surface area contributed by atoms with Crippen molar-refractivity contribution in [1.29, 1.82) is 0 Å². The van der Waals surface area contributed by atoms with E-state index in [0.717, 1.165) is 36.8 Å². The number of aryl methyl sites for hydroxylation is 1. The van der Waals surface area contributed by atoms with Gasteiger partial charge >= 0.3 is 0 Å². The smallest absolute Gasteiger partial charge is 0.227 e. The second-order valence-corrected chi connectivity index (χ2v) is 7.14. The van der Waals surface area contributed by atoms with Crippen LogP contribution >= 0.6 is 0 Å². The maximum atomic E-state index is 11.7. The van der Waals surface area contributed by atoms with Crippen molar-refractivity contribution >= 4 is 18.0 Å². The molecule has 26 heavy (non-hydrogen) atoms. The van der Waals surface area contributed by atoms with Crippen LogP contribution in [0.25, 0.3) is 0 Å². The average molecular weight is 360 g/mol. The third-order valence-electron chi connectivity index (χ3n) is 5.26. The molecule has 2 aliphatic rings. The summed E-state index contributed by atoms with van der Waals surface area (Å²) in [5.41, 5.74) is 2.26. The predicted molar refractivity (Wildman–Crippen MR) is 105 cm³/mol. The Hall–Kier alpha value is -2.04. The quantitative estimate of drug-likeness (QED) is 0.622. The average Bonchev–Trinajstić information content (AvgIpc) is 2.69. The number of ether oxygens (including phenoxy) is 1. The number of nitrogens with zero attached hydrogens (tertiary/aromatic N) is 1. The normalized spacial score (nSPS) is 17.0. The summed E-state index contributed by atoms with van der Waals surface area (Å²) in [6, 6.07) is 6.12. The van der Waals surface area contributed by atoms with Crippen molar-refractivity contribution in [3.05, 3.63) is 23.8 Å². The number of hydrogen-bond acceptors (Lipinski definition) is 3. The van der Waals surface area contributed by atoms with Crippen LogP contribution in [-0.2, 0) is 16.0 Å². The van der Waals surface area contributed by atoms with E-state index in [4.69, 9.17) is 9.53 Å². The molecule has 1 fully saturated rings. The Morgan fingerprint density at radius 2 is 1.96 bits per heavy atom. The molecule has 5 nitrogen and oxygen atoms in total. The lowest BCUT2D eigenvalue weighted by molar-refractivity contribution is -0.118. The fraction of sp³-hybridized carbons (Fsp3) is 0.619. The van der Waals surface area contributed by atoms with E-state index in [1.807, 2.05) is 19.2 Å². The number of carbonyl (C=O) groups is 2. The van der Waals surface area contributed by atoms with E-state index in [-0.39, 0.29) is 5.91 Å². The molecule has 0 atom stereocenters. The summed E-state index contributed by atoms with van der Waals surface area (Å²) in [5, 5.41) is 2.25. The molecule has 1 aliphatic heterocycles. The molecule has 0 radical (unpaired) electrons. The molecule has 1 aromatic rings. The van der Waals surface area contributed by atoms with E-state index in [0.29, 0.717) is 12.8 Å². The summed E-state index contributed by atoms with van der Waals surface area (Å²) < 4.78 is 5.92. The topological polar surface area (TPSA) is 58.6 Å². The maximum absolute atomic E-state index is 11.7. The monoisotopic (exact) mass is 360 g/mol. The first kappa shape index (κ1) is 20.3. The lowest BCUT2D eigenvalue weighted by Gasteiger charge is -2.26. The molecule has 3 rings (SSSR count). The van der Waals surface area contributed by atoms with Gasteiger partial charge in [0.2, 0.25) is 12.3 Å². The minimum Gasteiger partial charge on any atom is -0.494 e. The Kier molecular flexibility index (Phi) is 8.45. The number of anilines is 1.